The van der Waals surface area contributed by atoms with Crippen molar-refractivity contribution in [1.82, 2.24) is 0 Å². The van der Waals surface area contributed by atoms with Gasteiger partial charge in [0.25, 0.3) is 0 Å². The summed E-state index contributed by atoms with van der Waals surface area (Å²) >= 11 is 0. The second kappa shape index (κ2) is 8.92. The van der Waals surface area contributed by atoms with Gasteiger partial charge in [-0.1, -0.05) is 30.8 Å². The van der Waals surface area contributed by atoms with E-state index in [2.05, 4.69) is 30.8 Å². The summed E-state index contributed by atoms with van der Waals surface area (Å²) in [6.07, 6.45) is 1.99. The summed E-state index contributed by atoms with van der Waals surface area (Å²) in [5.41, 5.74) is 4.64. The Morgan fingerprint density at radius 2 is 1.60 bits per heavy atom. The number of hydrogen-bond donors (Lipinski definition) is 0. The van der Waals surface area contributed by atoms with E-state index in [-0.39, 0.29) is 6.61 Å². The summed E-state index contributed by atoms with van der Waals surface area (Å²) in [5, 5.41) is 0. The lowest BCUT2D eigenvalue weighted by Crippen LogP contribution is -2.10. The Morgan fingerprint density at radius 1 is 1.00 bits per heavy atom. The van der Waals surface area contributed by atoms with Gasteiger partial charge >= 0.3 is 5.97 Å². The molecule has 4 nitrogen and oxygen atoms in total. The van der Waals surface area contributed by atoms with Crippen LogP contribution < -0.4 is 9.47 Å². The first-order chi connectivity index (χ1) is 12.0. The van der Waals surface area contributed by atoms with E-state index >= 15 is 0 Å². The summed E-state index contributed by atoms with van der Waals surface area (Å²) in [5.74, 6) is 1.26. The molecule has 4 heteroatoms. The molecule has 0 aliphatic carbocycles. The lowest BCUT2D eigenvalue weighted by Gasteiger charge is -2.12. The molecule has 0 aromatic heterocycles. The number of carbonyl (C=O) groups excluding carboxylic acids is 1. The third-order valence-electron chi connectivity index (χ3n) is 3.86. The Bertz CT molecular complexity index is 750. The van der Waals surface area contributed by atoms with E-state index in [4.69, 9.17) is 14.2 Å². The lowest BCUT2D eigenvalue weighted by molar-refractivity contribution is -0.138. The van der Waals surface area contributed by atoms with Crippen LogP contribution in [-0.4, -0.2) is 26.3 Å². The minimum Gasteiger partial charge on any atom is -0.496 e. The van der Waals surface area contributed by atoms with Crippen LogP contribution >= 0.6 is 0 Å². The van der Waals surface area contributed by atoms with Crippen molar-refractivity contribution in [2.75, 3.05) is 20.3 Å². The van der Waals surface area contributed by atoms with Gasteiger partial charge < -0.3 is 14.2 Å². The van der Waals surface area contributed by atoms with E-state index < -0.39 is 5.97 Å². The molecule has 0 radical (unpaired) electrons. The number of rotatable bonds is 8. The number of aryl methyl sites for hydroxylation is 2. The van der Waals surface area contributed by atoms with Gasteiger partial charge in [-0.15, -0.1) is 0 Å². The molecule has 2 aromatic carbocycles. The standard InChI is InChI=1S/C21H24O4/c1-5-21(22)25-11-10-24-20-9-7-18(13-16(20)3)14-17-6-8-19(23-4)15(2)12-17/h5-9,12-13H,1,10-11,14H2,2-4H3. The molecule has 0 heterocycles. The highest BCUT2D eigenvalue weighted by Crippen LogP contribution is 2.23. The quantitative estimate of drug-likeness (QED) is 0.414. The van der Waals surface area contributed by atoms with Crippen molar-refractivity contribution in [2.45, 2.75) is 20.3 Å². The zero-order valence-electron chi connectivity index (χ0n) is 15.0. The summed E-state index contributed by atoms with van der Waals surface area (Å²) < 4.78 is 15.9. The molecule has 25 heavy (non-hydrogen) atoms. The van der Waals surface area contributed by atoms with Gasteiger partial charge in [0.2, 0.25) is 0 Å². The zero-order valence-corrected chi connectivity index (χ0v) is 15.0. The van der Waals surface area contributed by atoms with Crippen LogP contribution in [0.15, 0.2) is 49.1 Å². The molecule has 0 amide bonds. The summed E-state index contributed by atoms with van der Waals surface area (Å²) in [6.45, 7) is 7.92. The molecule has 2 aromatic rings. The lowest BCUT2D eigenvalue weighted by atomic mass is 10.0. The van der Waals surface area contributed by atoms with Crippen LogP contribution in [-0.2, 0) is 16.0 Å². The van der Waals surface area contributed by atoms with Gasteiger partial charge in [0, 0.05) is 6.08 Å². The van der Waals surface area contributed by atoms with Crippen molar-refractivity contribution in [3.05, 3.63) is 71.3 Å². The molecular formula is C21H24O4. The number of methoxy groups -OCH3 is 1. The number of carbonyl (C=O) groups is 1. The Balaban J connectivity index is 1.95. The topological polar surface area (TPSA) is 44.8 Å². The van der Waals surface area contributed by atoms with Gasteiger partial charge in [0.05, 0.1) is 7.11 Å². The van der Waals surface area contributed by atoms with Crippen molar-refractivity contribution >= 4 is 5.97 Å². The average molecular weight is 340 g/mol. The second-order valence-corrected chi connectivity index (χ2v) is 5.80. The molecular weight excluding hydrogens is 316 g/mol. The first-order valence-electron chi connectivity index (χ1n) is 8.18. The van der Waals surface area contributed by atoms with Crippen molar-refractivity contribution in [2.24, 2.45) is 0 Å². The van der Waals surface area contributed by atoms with Crippen LogP contribution in [0.1, 0.15) is 22.3 Å². The van der Waals surface area contributed by atoms with Gasteiger partial charge in [-0.05, 0) is 54.7 Å². The molecule has 0 aliphatic rings. The van der Waals surface area contributed by atoms with E-state index in [0.717, 1.165) is 35.1 Å². The van der Waals surface area contributed by atoms with Crippen LogP contribution in [0.3, 0.4) is 0 Å². The molecule has 0 bridgehead atoms. The van der Waals surface area contributed by atoms with E-state index in [1.54, 1.807) is 7.11 Å². The molecule has 0 unspecified atom stereocenters. The molecule has 0 fully saturated rings. The van der Waals surface area contributed by atoms with E-state index in [1.807, 2.05) is 26.0 Å². The average Bonchev–Trinajstić information content (AvgIpc) is 2.60. The van der Waals surface area contributed by atoms with Crippen molar-refractivity contribution in [3.8, 4) is 11.5 Å². The monoisotopic (exact) mass is 340 g/mol. The minimum atomic E-state index is -0.439. The van der Waals surface area contributed by atoms with E-state index in [9.17, 15) is 4.79 Å². The minimum absolute atomic E-state index is 0.206. The fourth-order valence-electron chi connectivity index (χ4n) is 2.62. The predicted molar refractivity (Wildman–Crippen MR) is 98.4 cm³/mol. The first kappa shape index (κ1) is 18.6. The Hall–Kier alpha value is -2.75. The Morgan fingerprint density at radius 3 is 2.12 bits per heavy atom. The van der Waals surface area contributed by atoms with Gasteiger partial charge in [0.1, 0.15) is 24.7 Å². The maximum atomic E-state index is 11.0. The number of benzene rings is 2. The van der Waals surface area contributed by atoms with Gasteiger partial charge in [-0.2, -0.15) is 0 Å². The maximum absolute atomic E-state index is 11.0. The fourth-order valence-corrected chi connectivity index (χ4v) is 2.62. The molecule has 0 spiro atoms. The van der Waals surface area contributed by atoms with Crippen LogP contribution in [0.2, 0.25) is 0 Å². The third-order valence-corrected chi connectivity index (χ3v) is 3.86. The van der Waals surface area contributed by atoms with Crippen LogP contribution in [0.25, 0.3) is 0 Å². The Labute approximate surface area is 149 Å². The Kier molecular flexibility index (Phi) is 6.63. The smallest absolute Gasteiger partial charge is 0.330 e. The van der Waals surface area contributed by atoms with Gasteiger partial charge in [-0.25, -0.2) is 4.79 Å². The molecule has 0 saturated carbocycles. The molecule has 2 rings (SSSR count). The largest absolute Gasteiger partial charge is 0.496 e. The second-order valence-electron chi connectivity index (χ2n) is 5.80. The number of ether oxygens (including phenoxy) is 3. The van der Waals surface area contributed by atoms with Crippen molar-refractivity contribution in [1.29, 1.82) is 0 Å². The zero-order chi connectivity index (χ0) is 18.2. The number of hydrogen-bond acceptors (Lipinski definition) is 4. The predicted octanol–water partition coefficient (Wildman–Crippen LogP) is 4.01. The molecule has 0 saturated heterocycles. The highest BCUT2D eigenvalue weighted by Gasteiger charge is 2.05. The van der Waals surface area contributed by atoms with Gasteiger partial charge in [0.15, 0.2) is 0 Å². The summed E-state index contributed by atoms with van der Waals surface area (Å²) in [4.78, 5) is 11.0. The van der Waals surface area contributed by atoms with Crippen LogP contribution in [0.4, 0.5) is 0 Å². The van der Waals surface area contributed by atoms with Crippen molar-refractivity contribution < 1.29 is 19.0 Å². The van der Waals surface area contributed by atoms with Crippen LogP contribution in [0, 0.1) is 13.8 Å². The molecule has 132 valence electrons. The summed E-state index contributed by atoms with van der Waals surface area (Å²) in [7, 11) is 1.68. The van der Waals surface area contributed by atoms with Crippen molar-refractivity contribution in [3.63, 3.8) is 0 Å². The fraction of sp³-hybridized carbons (Fsp3) is 0.286. The van der Waals surface area contributed by atoms with E-state index in [1.165, 1.54) is 11.1 Å². The maximum Gasteiger partial charge on any atom is 0.330 e. The molecule has 0 N–H and O–H groups in total. The highest BCUT2D eigenvalue weighted by molar-refractivity contribution is 5.81. The molecule has 0 aliphatic heterocycles. The molecule has 0 atom stereocenters. The number of esters is 1. The highest BCUT2D eigenvalue weighted by atomic mass is 16.6. The SMILES string of the molecule is C=CC(=O)OCCOc1ccc(Cc2ccc(OC)c(C)c2)cc1C. The third kappa shape index (κ3) is 5.38. The van der Waals surface area contributed by atoms with Gasteiger partial charge in [-0.3, -0.25) is 0 Å². The normalized spacial score (nSPS) is 10.2. The first-order valence-corrected chi connectivity index (χ1v) is 8.18. The summed E-state index contributed by atoms with van der Waals surface area (Å²) in [6, 6.07) is 12.4. The van der Waals surface area contributed by atoms with Crippen LogP contribution in [0.5, 0.6) is 11.5 Å². The van der Waals surface area contributed by atoms with E-state index in [0.29, 0.717) is 6.61 Å².